The first-order chi connectivity index (χ1) is 12.5. The first kappa shape index (κ1) is 18.3. The second kappa shape index (κ2) is 7.83. The maximum Gasteiger partial charge on any atom is 0.340 e. The van der Waals surface area contributed by atoms with Gasteiger partial charge in [-0.15, -0.1) is 0 Å². The number of hydrogen-bond donors (Lipinski definition) is 1. The minimum Gasteiger partial charge on any atom is -0.462 e. The number of para-hydroxylation sites is 1. The summed E-state index contributed by atoms with van der Waals surface area (Å²) in [6, 6.07) is 8.08. The Kier molecular flexibility index (Phi) is 5.52. The summed E-state index contributed by atoms with van der Waals surface area (Å²) in [4.78, 5) is 31.1. The van der Waals surface area contributed by atoms with Crippen LogP contribution < -0.4 is 5.32 Å². The van der Waals surface area contributed by atoms with E-state index >= 15 is 0 Å². The molecule has 138 valence electrons. The molecule has 0 atom stereocenters. The van der Waals surface area contributed by atoms with Crippen LogP contribution in [0, 0.1) is 6.92 Å². The molecule has 1 amide bonds. The highest BCUT2D eigenvalue weighted by atomic mass is 16.5. The van der Waals surface area contributed by atoms with Gasteiger partial charge in [-0.05, 0) is 45.4 Å². The molecule has 1 heterocycles. The quantitative estimate of drug-likeness (QED) is 0.773. The molecule has 0 saturated heterocycles. The number of aromatic nitrogens is 1. The van der Waals surface area contributed by atoms with E-state index in [0.717, 1.165) is 29.3 Å². The SMILES string of the molecule is CCOC(=O)c1c(CN(C)CC(=O)NC2CC2)nc2ccccc2c1C. The van der Waals surface area contributed by atoms with E-state index in [-0.39, 0.29) is 18.4 Å². The fourth-order valence-corrected chi connectivity index (χ4v) is 3.09. The minimum absolute atomic E-state index is 0.00481. The van der Waals surface area contributed by atoms with Gasteiger partial charge in [-0.25, -0.2) is 4.79 Å². The molecule has 1 aromatic heterocycles. The van der Waals surface area contributed by atoms with Crippen molar-refractivity contribution in [3.05, 3.63) is 41.1 Å². The van der Waals surface area contributed by atoms with Gasteiger partial charge in [0.25, 0.3) is 0 Å². The van der Waals surface area contributed by atoms with E-state index in [9.17, 15) is 9.59 Å². The Balaban J connectivity index is 1.88. The molecule has 1 aromatic carbocycles. The summed E-state index contributed by atoms with van der Waals surface area (Å²) in [5.41, 5.74) is 2.84. The van der Waals surface area contributed by atoms with E-state index in [1.54, 1.807) is 6.92 Å². The molecule has 0 aliphatic heterocycles. The molecule has 2 aromatic rings. The van der Waals surface area contributed by atoms with Crippen molar-refractivity contribution in [2.75, 3.05) is 20.2 Å². The first-order valence-electron chi connectivity index (χ1n) is 9.02. The summed E-state index contributed by atoms with van der Waals surface area (Å²) < 4.78 is 5.25. The summed E-state index contributed by atoms with van der Waals surface area (Å²) in [7, 11) is 1.85. The van der Waals surface area contributed by atoms with Gasteiger partial charge in [0, 0.05) is 18.0 Å². The van der Waals surface area contributed by atoms with E-state index in [0.29, 0.717) is 30.5 Å². The number of amides is 1. The van der Waals surface area contributed by atoms with Crippen molar-refractivity contribution in [1.29, 1.82) is 0 Å². The van der Waals surface area contributed by atoms with E-state index < -0.39 is 0 Å². The number of rotatable bonds is 7. The topological polar surface area (TPSA) is 71.5 Å². The standard InChI is InChI=1S/C20H25N3O3/c1-4-26-20(25)19-13(2)15-7-5-6-8-16(15)22-17(19)11-23(3)12-18(24)21-14-9-10-14/h5-8,14H,4,9-12H2,1-3H3,(H,21,24). The Morgan fingerprint density at radius 3 is 2.73 bits per heavy atom. The van der Waals surface area contributed by atoms with Crippen molar-refractivity contribution >= 4 is 22.8 Å². The van der Waals surface area contributed by atoms with Crippen LogP contribution in [0.25, 0.3) is 10.9 Å². The molecule has 26 heavy (non-hydrogen) atoms. The Hall–Kier alpha value is -2.47. The van der Waals surface area contributed by atoms with Crippen LogP contribution in [0.1, 0.15) is 41.4 Å². The zero-order chi connectivity index (χ0) is 18.7. The lowest BCUT2D eigenvalue weighted by atomic mass is 10.0. The van der Waals surface area contributed by atoms with Gasteiger partial charge >= 0.3 is 5.97 Å². The zero-order valence-corrected chi connectivity index (χ0v) is 15.5. The number of nitrogens with one attached hydrogen (secondary N) is 1. The van der Waals surface area contributed by atoms with Gasteiger partial charge in [0.1, 0.15) is 0 Å². The second-order valence-electron chi connectivity index (χ2n) is 6.81. The second-order valence-corrected chi connectivity index (χ2v) is 6.81. The van der Waals surface area contributed by atoms with Gasteiger partial charge in [0.05, 0.1) is 29.9 Å². The predicted octanol–water partition coefficient (Wildman–Crippen LogP) is 2.43. The van der Waals surface area contributed by atoms with E-state index in [1.165, 1.54) is 0 Å². The Morgan fingerprint density at radius 2 is 2.04 bits per heavy atom. The molecule has 1 fully saturated rings. The molecule has 0 bridgehead atoms. The number of likely N-dealkylation sites (N-methyl/N-ethyl adjacent to an activating group) is 1. The number of carbonyl (C=O) groups is 2. The Bertz CT molecular complexity index is 830. The van der Waals surface area contributed by atoms with Crippen molar-refractivity contribution in [2.24, 2.45) is 0 Å². The Labute approximate surface area is 153 Å². The summed E-state index contributed by atoms with van der Waals surface area (Å²) >= 11 is 0. The van der Waals surface area contributed by atoms with Crippen molar-refractivity contribution in [3.8, 4) is 0 Å². The van der Waals surface area contributed by atoms with Crippen molar-refractivity contribution in [2.45, 2.75) is 39.3 Å². The van der Waals surface area contributed by atoms with Crippen LogP contribution in [-0.2, 0) is 16.1 Å². The van der Waals surface area contributed by atoms with E-state index in [4.69, 9.17) is 4.74 Å². The molecule has 0 spiro atoms. The highest BCUT2D eigenvalue weighted by molar-refractivity contribution is 5.98. The van der Waals surface area contributed by atoms with Crippen LogP contribution in [-0.4, -0.2) is 48.0 Å². The lowest BCUT2D eigenvalue weighted by Crippen LogP contribution is -2.36. The van der Waals surface area contributed by atoms with Crippen LogP contribution in [0.2, 0.25) is 0 Å². The van der Waals surface area contributed by atoms with Crippen molar-refractivity contribution in [3.63, 3.8) is 0 Å². The minimum atomic E-state index is -0.367. The van der Waals surface area contributed by atoms with Crippen LogP contribution in [0.5, 0.6) is 0 Å². The van der Waals surface area contributed by atoms with E-state index in [2.05, 4.69) is 10.3 Å². The van der Waals surface area contributed by atoms with E-state index in [1.807, 2.05) is 43.1 Å². The third-order valence-corrected chi connectivity index (χ3v) is 4.48. The van der Waals surface area contributed by atoms with Gasteiger partial charge in [0.2, 0.25) is 5.91 Å². The first-order valence-corrected chi connectivity index (χ1v) is 9.02. The van der Waals surface area contributed by atoms with Gasteiger partial charge in [-0.3, -0.25) is 14.7 Å². The molecular weight excluding hydrogens is 330 g/mol. The van der Waals surface area contributed by atoms with Gasteiger partial charge in [0.15, 0.2) is 0 Å². The normalized spacial score (nSPS) is 13.8. The van der Waals surface area contributed by atoms with Crippen LogP contribution in [0.15, 0.2) is 24.3 Å². The fourth-order valence-electron chi connectivity index (χ4n) is 3.09. The van der Waals surface area contributed by atoms with Gasteiger partial charge in [-0.2, -0.15) is 0 Å². The van der Waals surface area contributed by atoms with Crippen LogP contribution >= 0.6 is 0 Å². The number of fused-ring (bicyclic) bond motifs is 1. The summed E-state index contributed by atoms with van der Waals surface area (Å²) in [5, 5.41) is 3.91. The van der Waals surface area contributed by atoms with Crippen LogP contribution in [0.4, 0.5) is 0 Å². The third-order valence-electron chi connectivity index (χ3n) is 4.48. The molecule has 3 rings (SSSR count). The fraction of sp³-hybridized carbons (Fsp3) is 0.450. The lowest BCUT2D eigenvalue weighted by Gasteiger charge is -2.19. The smallest absolute Gasteiger partial charge is 0.340 e. The average molecular weight is 355 g/mol. The van der Waals surface area contributed by atoms with Crippen LogP contribution in [0.3, 0.4) is 0 Å². The molecule has 0 unspecified atom stereocenters. The number of ether oxygens (including phenoxy) is 1. The zero-order valence-electron chi connectivity index (χ0n) is 15.5. The average Bonchev–Trinajstić information content (AvgIpc) is 3.38. The maximum atomic E-state index is 12.5. The number of aryl methyl sites for hydroxylation is 1. The number of nitrogens with zero attached hydrogens (tertiary/aromatic N) is 2. The van der Waals surface area contributed by atoms with Crippen molar-refractivity contribution < 1.29 is 14.3 Å². The largest absolute Gasteiger partial charge is 0.462 e. The lowest BCUT2D eigenvalue weighted by molar-refractivity contribution is -0.122. The highest BCUT2D eigenvalue weighted by Crippen LogP contribution is 2.24. The number of pyridine rings is 1. The number of esters is 1. The summed E-state index contributed by atoms with van der Waals surface area (Å²) in [5.74, 6) is -0.362. The summed E-state index contributed by atoms with van der Waals surface area (Å²) in [6.07, 6.45) is 2.13. The van der Waals surface area contributed by atoms with Gasteiger partial charge < -0.3 is 10.1 Å². The highest BCUT2D eigenvalue weighted by Gasteiger charge is 2.25. The predicted molar refractivity (Wildman–Crippen MR) is 99.9 cm³/mol. The molecule has 6 heteroatoms. The molecule has 1 aliphatic carbocycles. The molecule has 1 aliphatic rings. The summed E-state index contributed by atoms with van der Waals surface area (Å²) in [6.45, 7) is 4.68. The molecule has 6 nitrogen and oxygen atoms in total. The molecule has 1 N–H and O–H groups in total. The number of carbonyl (C=O) groups excluding carboxylic acids is 2. The van der Waals surface area contributed by atoms with Crippen molar-refractivity contribution in [1.82, 2.24) is 15.2 Å². The molecular formula is C20H25N3O3. The molecule has 0 radical (unpaired) electrons. The maximum absolute atomic E-state index is 12.5. The number of hydrogen-bond acceptors (Lipinski definition) is 5. The third kappa shape index (κ3) is 4.19. The number of benzene rings is 1. The van der Waals surface area contributed by atoms with Gasteiger partial charge in [-0.1, -0.05) is 18.2 Å². The molecule has 1 saturated carbocycles. The monoisotopic (exact) mass is 355 g/mol. The Morgan fingerprint density at radius 1 is 1.31 bits per heavy atom.